The molecule has 0 amide bonds. The Balaban J connectivity index is 2.18. The molecule has 0 aromatic heterocycles. The van der Waals surface area contributed by atoms with Crippen molar-refractivity contribution in [2.75, 3.05) is 31.2 Å². The Labute approximate surface area is 83.1 Å². The molecule has 2 nitrogen and oxygen atoms in total. The number of halogens is 1. The first kappa shape index (κ1) is 8.85. The smallest absolute Gasteiger partial charge is 0.0645 e. The Morgan fingerprint density at radius 2 is 2.15 bits per heavy atom. The lowest BCUT2D eigenvalue weighted by Gasteiger charge is -2.29. The Morgan fingerprint density at radius 3 is 2.85 bits per heavy atom. The molecule has 1 radical (unpaired) electrons. The van der Waals surface area contributed by atoms with Gasteiger partial charge in [-0.05, 0) is 18.2 Å². The monoisotopic (exact) mass is 196 g/mol. The van der Waals surface area contributed by atoms with Crippen LogP contribution in [0.2, 0.25) is 5.02 Å². The van der Waals surface area contributed by atoms with Gasteiger partial charge in [0.25, 0.3) is 0 Å². The van der Waals surface area contributed by atoms with Gasteiger partial charge in [0.15, 0.2) is 0 Å². The van der Waals surface area contributed by atoms with Crippen LogP contribution in [0.4, 0.5) is 5.69 Å². The molecule has 1 heterocycles. The molecule has 0 atom stereocenters. The van der Waals surface area contributed by atoms with Crippen LogP contribution in [0.25, 0.3) is 0 Å². The number of hydrogen-bond donors (Lipinski definition) is 0. The minimum Gasteiger partial charge on any atom is -0.378 e. The summed E-state index contributed by atoms with van der Waals surface area (Å²) < 4.78 is 5.27. The van der Waals surface area contributed by atoms with Crippen LogP contribution in [0.3, 0.4) is 0 Å². The van der Waals surface area contributed by atoms with Crippen LogP contribution in [0, 0.1) is 6.07 Å². The first-order chi connectivity index (χ1) is 6.38. The zero-order valence-electron chi connectivity index (χ0n) is 7.29. The standard InChI is InChI=1S/C10H11ClNO/c11-9-3-1-2-4-10(9)12-5-7-13-8-6-12/h2-4H,5-8H2. The minimum absolute atomic E-state index is 0.768. The van der Waals surface area contributed by atoms with E-state index in [4.69, 9.17) is 16.3 Å². The summed E-state index contributed by atoms with van der Waals surface area (Å²) in [6.45, 7) is 3.41. The van der Waals surface area contributed by atoms with Crippen LogP contribution in [-0.4, -0.2) is 26.3 Å². The molecule has 1 aliphatic rings. The third-order valence-electron chi connectivity index (χ3n) is 2.14. The van der Waals surface area contributed by atoms with Crippen LogP contribution >= 0.6 is 11.6 Å². The molecule has 0 aliphatic carbocycles. The van der Waals surface area contributed by atoms with Crippen molar-refractivity contribution in [1.29, 1.82) is 0 Å². The molecule has 1 aromatic carbocycles. The molecule has 3 heteroatoms. The van der Waals surface area contributed by atoms with Crippen LogP contribution in [0.5, 0.6) is 0 Å². The van der Waals surface area contributed by atoms with Gasteiger partial charge in [-0.25, -0.2) is 0 Å². The van der Waals surface area contributed by atoms with E-state index in [2.05, 4.69) is 11.0 Å². The highest BCUT2D eigenvalue weighted by Gasteiger charge is 2.12. The molecule has 0 unspecified atom stereocenters. The van der Waals surface area contributed by atoms with Crippen molar-refractivity contribution in [2.24, 2.45) is 0 Å². The van der Waals surface area contributed by atoms with Crippen LogP contribution in [0.1, 0.15) is 0 Å². The highest BCUT2D eigenvalue weighted by molar-refractivity contribution is 6.33. The lowest BCUT2D eigenvalue weighted by molar-refractivity contribution is 0.122. The normalized spacial score (nSPS) is 17.5. The Bertz CT molecular complexity index is 284. The molecule has 1 aromatic rings. The van der Waals surface area contributed by atoms with Gasteiger partial charge < -0.3 is 9.64 Å². The highest BCUT2D eigenvalue weighted by Crippen LogP contribution is 2.25. The minimum atomic E-state index is 0.768. The Kier molecular flexibility index (Phi) is 2.71. The lowest BCUT2D eigenvalue weighted by Crippen LogP contribution is -2.36. The van der Waals surface area contributed by atoms with Crippen molar-refractivity contribution in [3.63, 3.8) is 0 Å². The van der Waals surface area contributed by atoms with E-state index in [0.29, 0.717) is 0 Å². The van der Waals surface area contributed by atoms with Crippen molar-refractivity contribution in [1.82, 2.24) is 0 Å². The second-order valence-corrected chi connectivity index (χ2v) is 3.38. The summed E-state index contributed by atoms with van der Waals surface area (Å²) in [5.74, 6) is 0. The topological polar surface area (TPSA) is 12.5 Å². The lowest BCUT2D eigenvalue weighted by atomic mass is 10.2. The predicted octanol–water partition coefficient (Wildman–Crippen LogP) is 1.98. The molecule has 0 bridgehead atoms. The van der Waals surface area contributed by atoms with Crippen LogP contribution in [-0.2, 0) is 4.74 Å². The fourth-order valence-corrected chi connectivity index (χ4v) is 1.71. The van der Waals surface area contributed by atoms with Gasteiger partial charge in [0.05, 0.1) is 23.9 Å². The summed E-state index contributed by atoms with van der Waals surface area (Å²) >= 11 is 6.04. The van der Waals surface area contributed by atoms with E-state index < -0.39 is 0 Å². The predicted molar refractivity (Wildman–Crippen MR) is 53.3 cm³/mol. The third-order valence-corrected chi connectivity index (χ3v) is 2.45. The first-order valence-corrected chi connectivity index (χ1v) is 4.74. The molecule has 1 saturated heterocycles. The van der Waals surface area contributed by atoms with Gasteiger partial charge >= 0.3 is 0 Å². The number of nitrogens with zero attached hydrogens (tertiary/aromatic N) is 1. The number of ether oxygens (including phenoxy) is 1. The van der Waals surface area contributed by atoms with Crippen molar-refractivity contribution in [3.8, 4) is 0 Å². The van der Waals surface area contributed by atoms with E-state index in [1.807, 2.05) is 12.1 Å². The quantitative estimate of drug-likeness (QED) is 0.681. The maximum Gasteiger partial charge on any atom is 0.0645 e. The number of hydrogen-bond acceptors (Lipinski definition) is 2. The summed E-state index contributed by atoms with van der Waals surface area (Å²) in [7, 11) is 0. The molecule has 0 saturated carbocycles. The van der Waals surface area contributed by atoms with E-state index in [-0.39, 0.29) is 0 Å². The van der Waals surface area contributed by atoms with Crippen molar-refractivity contribution >= 4 is 17.3 Å². The van der Waals surface area contributed by atoms with Gasteiger partial charge in [-0.1, -0.05) is 17.7 Å². The van der Waals surface area contributed by atoms with Gasteiger partial charge in [-0.3, -0.25) is 0 Å². The SMILES string of the molecule is Clc1c[c]ccc1N1CCOCC1. The van der Waals surface area contributed by atoms with Gasteiger partial charge in [0, 0.05) is 13.1 Å². The average molecular weight is 197 g/mol. The van der Waals surface area contributed by atoms with Crippen molar-refractivity contribution < 1.29 is 4.74 Å². The zero-order chi connectivity index (χ0) is 9.10. The summed E-state index contributed by atoms with van der Waals surface area (Å²) in [6, 6.07) is 8.63. The largest absolute Gasteiger partial charge is 0.378 e. The Morgan fingerprint density at radius 1 is 1.38 bits per heavy atom. The van der Waals surface area contributed by atoms with E-state index in [9.17, 15) is 0 Å². The fraction of sp³-hybridized carbons (Fsp3) is 0.400. The number of benzene rings is 1. The van der Waals surface area contributed by atoms with Gasteiger partial charge in [0.1, 0.15) is 0 Å². The molecular weight excluding hydrogens is 186 g/mol. The number of anilines is 1. The molecule has 1 fully saturated rings. The van der Waals surface area contributed by atoms with Crippen LogP contribution < -0.4 is 4.90 Å². The Hall–Kier alpha value is -0.730. The maximum absolute atomic E-state index is 6.04. The summed E-state index contributed by atoms with van der Waals surface area (Å²) in [4.78, 5) is 2.24. The number of morpholine rings is 1. The van der Waals surface area contributed by atoms with E-state index in [0.717, 1.165) is 37.0 Å². The molecule has 13 heavy (non-hydrogen) atoms. The highest BCUT2D eigenvalue weighted by atomic mass is 35.5. The zero-order valence-corrected chi connectivity index (χ0v) is 8.05. The van der Waals surface area contributed by atoms with Gasteiger partial charge in [-0.15, -0.1) is 0 Å². The van der Waals surface area contributed by atoms with Crippen molar-refractivity contribution in [2.45, 2.75) is 0 Å². The molecule has 1 aliphatic heterocycles. The number of rotatable bonds is 1. The third kappa shape index (κ3) is 1.95. The van der Waals surface area contributed by atoms with Gasteiger partial charge in [0.2, 0.25) is 0 Å². The van der Waals surface area contributed by atoms with Crippen molar-refractivity contribution in [3.05, 3.63) is 29.3 Å². The summed E-state index contributed by atoms with van der Waals surface area (Å²) in [5.41, 5.74) is 1.09. The fourth-order valence-electron chi connectivity index (χ4n) is 1.46. The molecule has 0 N–H and O–H groups in total. The second-order valence-electron chi connectivity index (χ2n) is 2.98. The van der Waals surface area contributed by atoms with E-state index in [1.165, 1.54) is 0 Å². The van der Waals surface area contributed by atoms with Gasteiger partial charge in [-0.2, -0.15) is 0 Å². The molecule has 0 spiro atoms. The molecule has 69 valence electrons. The van der Waals surface area contributed by atoms with E-state index in [1.54, 1.807) is 6.07 Å². The van der Waals surface area contributed by atoms with Crippen LogP contribution in [0.15, 0.2) is 18.2 Å². The summed E-state index contributed by atoms with van der Waals surface area (Å²) in [6.07, 6.45) is 0. The second kappa shape index (κ2) is 3.99. The molecule has 2 rings (SSSR count). The van der Waals surface area contributed by atoms with E-state index >= 15 is 0 Å². The first-order valence-electron chi connectivity index (χ1n) is 4.36. The average Bonchev–Trinajstić information content (AvgIpc) is 2.20. The molecular formula is C10H11ClNO. The maximum atomic E-state index is 6.04. The summed E-state index contributed by atoms with van der Waals surface area (Å²) in [5, 5.41) is 0.768.